The summed E-state index contributed by atoms with van der Waals surface area (Å²) in [4.78, 5) is 0. The van der Waals surface area contributed by atoms with Crippen LogP contribution < -0.4 is 0 Å². The zero-order valence-electron chi connectivity index (χ0n) is 20.7. The predicted octanol–water partition coefficient (Wildman–Crippen LogP) is 9.34. The van der Waals surface area contributed by atoms with Gasteiger partial charge in [-0.15, -0.1) is 0 Å². The van der Waals surface area contributed by atoms with Crippen LogP contribution in [0, 0.1) is 11.7 Å². The van der Waals surface area contributed by atoms with E-state index < -0.39 is 0 Å². The lowest BCUT2D eigenvalue weighted by Gasteiger charge is -2.19. The van der Waals surface area contributed by atoms with Crippen LogP contribution in [0.1, 0.15) is 107 Å². The van der Waals surface area contributed by atoms with Crippen LogP contribution in [0.15, 0.2) is 43.5 Å². The molecule has 0 unspecified atom stereocenters. The molecule has 0 spiro atoms. The van der Waals surface area contributed by atoms with E-state index in [0.717, 1.165) is 53.5 Å². The summed E-state index contributed by atoms with van der Waals surface area (Å²) in [6, 6.07) is 10.6. The molecular formula is C30H41F. The molecule has 0 N–H and O–H groups in total. The van der Waals surface area contributed by atoms with Gasteiger partial charge in [0.25, 0.3) is 0 Å². The van der Waals surface area contributed by atoms with E-state index in [4.69, 9.17) is 0 Å². The zero-order chi connectivity index (χ0) is 23.3. The van der Waals surface area contributed by atoms with Gasteiger partial charge in [-0.3, -0.25) is 0 Å². The molecule has 0 fully saturated rings. The maximum Gasteiger partial charge on any atom is 0.127 e. The Bertz CT molecular complexity index is 928. The van der Waals surface area contributed by atoms with Crippen molar-refractivity contribution < 1.29 is 4.39 Å². The van der Waals surface area contributed by atoms with Crippen molar-refractivity contribution in [2.24, 2.45) is 5.92 Å². The molecule has 0 saturated heterocycles. The first-order valence-corrected chi connectivity index (χ1v) is 11.9. The number of benzene rings is 2. The Morgan fingerprint density at radius 2 is 1.48 bits per heavy atom. The quantitative estimate of drug-likeness (QED) is 0.359. The van der Waals surface area contributed by atoms with E-state index in [1.54, 1.807) is 6.07 Å². The Balaban J connectivity index is 2.31. The molecule has 0 radical (unpaired) electrons. The highest BCUT2D eigenvalue weighted by atomic mass is 19.1. The van der Waals surface area contributed by atoms with Crippen molar-refractivity contribution in [3.05, 3.63) is 82.7 Å². The first-order valence-electron chi connectivity index (χ1n) is 11.9. The van der Waals surface area contributed by atoms with E-state index in [0.29, 0.717) is 11.8 Å². The molecule has 31 heavy (non-hydrogen) atoms. The SMILES string of the molecule is C=C(CC)c1cc(F)c(C(C)C)c(CCC(=C)c2ccc(C(C)C)c(CC(C)C)c2)c1. The van der Waals surface area contributed by atoms with Crippen molar-refractivity contribution in [3.63, 3.8) is 0 Å². The van der Waals surface area contributed by atoms with E-state index in [1.807, 2.05) is 0 Å². The summed E-state index contributed by atoms with van der Waals surface area (Å²) in [5.41, 5.74) is 9.01. The fourth-order valence-corrected chi connectivity index (χ4v) is 4.37. The second-order valence-electron chi connectivity index (χ2n) is 9.91. The minimum absolute atomic E-state index is 0.108. The highest BCUT2D eigenvalue weighted by molar-refractivity contribution is 5.67. The molecule has 0 nitrogen and oxygen atoms in total. The van der Waals surface area contributed by atoms with Gasteiger partial charge in [0, 0.05) is 0 Å². The van der Waals surface area contributed by atoms with Gasteiger partial charge >= 0.3 is 0 Å². The summed E-state index contributed by atoms with van der Waals surface area (Å²) in [5.74, 6) is 1.17. The second kappa shape index (κ2) is 10.9. The molecule has 1 heteroatoms. The number of hydrogen-bond donors (Lipinski definition) is 0. The minimum atomic E-state index is -0.108. The van der Waals surface area contributed by atoms with Crippen molar-refractivity contribution in [1.82, 2.24) is 0 Å². The molecule has 168 valence electrons. The topological polar surface area (TPSA) is 0 Å². The lowest BCUT2D eigenvalue weighted by atomic mass is 9.87. The van der Waals surface area contributed by atoms with E-state index in [-0.39, 0.29) is 11.7 Å². The fraction of sp³-hybridized carbons (Fsp3) is 0.467. The molecule has 0 aliphatic carbocycles. The number of aryl methyl sites for hydroxylation is 1. The van der Waals surface area contributed by atoms with Crippen molar-refractivity contribution in [2.75, 3.05) is 0 Å². The normalized spacial score (nSPS) is 11.6. The van der Waals surface area contributed by atoms with Crippen molar-refractivity contribution >= 4 is 11.1 Å². The molecule has 2 aromatic carbocycles. The monoisotopic (exact) mass is 420 g/mol. The summed E-state index contributed by atoms with van der Waals surface area (Å²) in [5, 5.41) is 0. The van der Waals surface area contributed by atoms with Crippen LogP contribution in [-0.4, -0.2) is 0 Å². The number of allylic oxidation sites excluding steroid dienone is 2. The van der Waals surface area contributed by atoms with E-state index in [9.17, 15) is 4.39 Å². The Morgan fingerprint density at radius 1 is 0.839 bits per heavy atom. The molecule has 0 aromatic heterocycles. The van der Waals surface area contributed by atoms with Crippen LogP contribution in [0.2, 0.25) is 0 Å². The summed E-state index contributed by atoms with van der Waals surface area (Å²) in [6.07, 6.45) is 3.52. The first-order chi connectivity index (χ1) is 14.5. The molecular weight excluding hydrogens is 379 g/mol. The summed E-state index contributed by atoms with van der Waals surface area (Å²) in [6.45, 7) is 23.7. The number of rotatable bonds is 10. The van der Waals surface area contributed by atoms with E-state index in [1.165, 1.54) is 16.7 Å². The zero-order valence-corrected chi connectivity index (χ0v) is 20.7. The van der Waals surface area contributed by atoms with Gasteiger partial charge in [0.2, 0.25) is 0 Å². The standard InChI is InChI=1S/C30H41F/c1-10-22(8)26-17-25(30(21(6)7)29(31)18-26)12-11-23(9)24-13-14-28(20(4)5)27(16-24)15-19(2)3/h13-14,16-21H,8-12,15H2,1-7H3. The van der Waals surface area contributed by atoms with Crippen molar-refractivity contribution in [2.45, 2.75) is 86.0 Å². The van der Waals surface area contributed by atoms with E-state index >= 15 is 0 Å². The molecule has 0 atom stereocenters. The van der Waals surface area contributed by atoms with Crippen LogP contribution in [0.3, 0.4) is 0 Å². The third-order valence-corrected chi connectivity index (χ3v) is 6.13. The minimum Gasteiger partial charge on any atom is -0.207 e. The number of hydrogen-bond acceptors (Lipinski definition) is 0. The van der Waals surface area contributed by atoms with Crippen LogP contribution in [0.25, 0.3) is 11.1 Å². The maximum atomic E-state index is 14.9. The maximum absolute atomic E-state index is 14.9. The second-order valence-corrected chi connectivity index (χ2v) is 9.91. The van der Waals surface area contributed by atoms with Crippen LogP contribution in [0.5, 0.6) is 0 Å². The first kappa shape index (κ1) is 25.1. The highest BCUT2D eigenvalue weighted by Crippen LogP contribution is 2.31. The molecule has 0 aliphatic rings. The molecule has 0 aliphatic heterocycles. The largest absolute Gasteiger partial charge is 0.207 e. The Morgan fingerprint density at radius 3 is 2.03 bits per heavy atom. The fourth-order valence-electron chi connectivity index (χ4n) is 4.37. The van der Waals surface area contributed by atoms with Crippen molar-refractivity contribution in [3.8, 4) is 0 Å². The Labute approximate surface area is 190 Å². The van der Waals surface area contributed by atoms with Crippen LogP contribution in [0.4, 0.5) is 4.39 Å². The smallest absolute Gasteiger partial charge is 0.127 e. The Kier molecular flexibility index (Phi) is 8.86. The average molecular weight is 421 g/mol. The molecule has 0 heterocycles. The predicted molar refractivity (Wildman–Crippen MR) is 136 cm³/mol. The van der Waals surface area contributed by atoms with Gasteiger partial charge in [-0.25, -0.2) is 4.39 Å². The van der Waals surface area contributed by atoms with Gasteiger partial charge in [0.15, 0.2) is 0 Å². The van der Waals surface area contributed by atoms with Gasteiger partial charge in [-0.1, -0.05) is 85.9 Å². The average Bonchev–Trinajstić information content (AvgIpc) is 2.69. The molecule has 0 bridgehead atoms. The third kappa shape index (κ3) is 6.42. The van der Waals surface area contributed by atoms with Crippen molar-refractivity contribution in [1.29, 1.82) is 0 Å². The lowest BCUT2D eigenvalue weighted by molar-refractivity contribution is 0.592. The lowest BCUT2D eigenvalue weighted by Crippen LogP contribution is -2.04. The van der Waals surface area contributed by atoms with Gasteiger partial charge in [0.05, 0.1) is 0 Å². The third-order valence-electron chi connectivity index (χ3n) is 6.13. The summed E-state index contributed by atoms with van der Waals surface area (Å²) >= 11 is 0. The summed E-state index contributed by atoms with van der Waals surface area (Å²) < 4.78 is 14.9. The highest BCUT2D eigenvalue weighted by Gasteiger charge is 2.16. The van der Waals surface area contributed by atoms with E-state index in [2.05, 4.69) is 85.9 Å². The van der Waals surface area contributed by atoms with Crippen LogP contribution in [-0.2, 0) is 12.8 Å². The Hall–Kier alpha value is -2.15. The van der Waals surface area contributed by atoms with Gasteiger partial charge < -0.3 is 0 Å². The molecule has 0 amide bonds. The van der Waals surface area contributed by atoms with Crippen LogP contribution >= 0.6 is 0 Å². The van der Waals surface area contributed by atoms with Gasteiger partial charge in [-0.05, 0) is 94.0 Å². The number of halogens is 1. The van der Waals surface area contributed by atoms with Gasteiger partial charge in [-0.2, -0.15) is 0 Å². The molecule has 0 saturated carbocycles. The van der Waals surface area contributed by atoms with Gasteiger partial charge in [0.1, 0.15) is 5.82 Å². The summed E-state index contributed by atoms with van der Waals surface area (Å²) in [7, 11) is 0. The molecule has 2 aromatic rings. The molecule has 2 rings (SSSR count).